The molecule has 26 heavy (non-hydrogen) atoms. The van der Waals surface area contributed by atoms with E-state index >= 15 is 0 Å². The predicted molar refractivity (Wildman–Crippen MR) is 93.6 cm³/mol. The third kappa shape index (κ3) is 5.75. The van der Waals surface area contributed by atoms with Crippen molar-refractivity contribution >= 4 is 17.8 Å². The van der Waals surface area contributed by atoms with Crippen molar-refractivity contribution in [3.63, 3.8) is 0 Å². The fraction of sp³-hybridized carbons (Fsp3) is 0.526. The van der Waals surface area contributed by atoms with Gasteiger partial charge in [-0.2, -0.15) is 0 Å². The maximum absolute atomic E-state index is 12.2. The van der Waals surface area contributed by atoms with Crippen LogP contribution in [0.4, 0.5) is 0 Å². The van der Waals surface area contributed by atoms with E-state index < -0.39 is 5.97 Å². The van der Waals surface area contributed by atoms with E-state index in [1.54, 1.807) is 43.2 Å². The second-order valence-electron chi connectivity index (χ2n) is 6.09. The van der Waals surface area contributed by atoms with Gasteiger partial charge in [0.15, 0.2) is 6.61 Å². The zero-order valence-electron chi connectivity index (χ0n) is 15.2. The number of esters is 2. The summed E-state index contributed by atoms with van der Waals surface area (Å²) in [5.74, 6) is -0.342. The zero-order valence-corrected chi connectivity index (χ0v) is 15.2. The van der Waals surface area contributed by atoms with E-state index in [2.05, 4.69) is 0 Å². The highest BCUT2D eigenvalue weighted by molar-refractivity contribution is 5.81. The molecule has 1 aromatic carbocycles. The summed E-state index contributed by atoms with van der Waals surface area (Å²) in [6.45, 7) is 2.80. The Kier molecular flexibility index (Phi) is 7.44. The van der Waals surface area contributed by atoms with Crippen LogP contribution in [0.3, 0.4) is 0 Å². The summed E-state index contributed by atoms with van der Waals surface area (Å²) in [4.78, 5) is 37.4. The molecule has 1 aliphatic heterocycles. The summed E-state index contributed by atoms with van der Waals surface area (Å²) in [6, 6.07) is 7.09. The summed E-state index contributed by atoms with van der Waals surface area (Å²) in [5.41, 5.74) is 0.790. The Morgan fingerprint density at radius 3 is 2.31 bits per heavy atom. The Morgan fingerprint density at radius 2 is 1.73 bits per heavy atom. The predicted octanol–water partition coefficient (Wildman–Crippen LogP) is 1.58. The van der Waals surface area contributed by atoms with Gasteiger partial charge < -0.3 is 19.1 Å². The Labute approximate surface area is 153 Å². The number of amides is 1. The smallest absolute Gasteiger partial charge is 0.310 e. The molecule has 0 unspecified atom stereocenters. The molecule has 7 nitrogen and oxygen atoms in total. The standard InChI is InChI=1S/C19H25NO6/c1-3-25-19(23)15-8-10-20(11-9-15)17(21)13-26-18(22)12-14-4-6-16(24-2)7-5-14/h4-7,15H,3,8-13H2,1-2H3. The van der Waals surface area contributed by atoms with Crippen molar-refractivity contribution in [3.8, 4) is 5.75 Å². The lowest BCUT2D eigenvalue weighted by atomic mass is 9.97. The van der Waals surface area contributed by atoms with Gasteiger partial charge in [-0.1, -0.05) is 12.1 Å². The summed E-state index contributed by atoms with van der Waals surface area (Å²) in [6.07, 6.45) is 1.25. The minimum absolute atomic E-state index is 0.0994. The Hall–Kier alpha value is -2.57. The number of hydrogen-bond donors (Lipinski definition) is 0. The molecule has 0 aliphatic carbocycles. The van der Waals surface area contributed by atoms with Crippen LogP contribution < -0.4 is 4.74 Å². The number of ether oxygens (including phenoxy) is 3. The van der Waals surface area contributed by atoms with Gasteiger partial charge in [-0.15, -0.1) is 0 Å². The normalized spacial score (nSPS) is 14.6. The van der Waals surface area contributed by atoms with Gasteiger partial charge in [-0.3, -0.25) is 14.4 Å². The van der Waals surface area contributed by atoms with Crippen LogP contribution in [-0.4, -0.2) is 56.2 Å². The molecule has 2 rings (SSSR count). The van der Waals surface area contributed by atoms with Crippen molar-refractivity contribution in [3.05, 3.63) is 29.8 Å². The molecule has 0 saturated carbocycles. The van der Waals surface area contributed by atoms with Gasteiger partial charge in [0.2, 0.25) is 0 Å². The molecule has 0 atom stereocenters. The summed E-state index contributed by atoms with van der Waals surface area (Å²) in [5, 5.41) is 0. The molecule has 142 valence electrons. The second kappa shape index (κ2) is 9.79. The molecule has 7 heteroatoms. The number of rotatable bonds is 7. The Bertz CT molecular complexity index is 619. The van der Waals surface area contributed by atoms with E-state index in [1.807, 2.05) is 0 Å². The molecule has 0 aromatic heterocycles. The number of benzene rings is 1. The first-order valence-corrected chi connectivity index (χ1v) is 8.76. The number of carbonyl (C=O) groups is 3. The van der Waals surface area contributed by atoms with Gasteiger partial charge in [0.05, 0.1) is 26.1 Å². The van der Waals surface area contributed by atoms with E-state index in [1.165, 1.54) is 0 Å². The van der Waals surface area contributed by atoms with Crippen LogP contribution in [0.5, 0.6) is 5.75 Å². The third-order valence-electron chi connectivity index (χ3n) is 4.33. The number of likely N-dealkylation sites (tertiary alicyclic amines) is 1. The van der Waals surface area contributed by atoms with Gasteiger partial charge in [-0.05, 0) is 37.5 Å². The molecule has 1 saturated heterocycles. The van der Waals surface area contributed by atoms with E-state index in [-0.39, 0.29) is 30.8 Å². The maximum atomic E-state index is 12.2. The van der Waals surface area contributed by atoms with Crippen molar-refractivity contribution in [2.24, 2.45) is 5.92 Å². The van der Waals surface area contributed by atoms with Crippen molar-refractivity contribution < 1.29 is 28.6 Å². The van der Waals surface area contributed by atoms with Crippen molar-refractivity contribution in [2.45, 2.75) is 26.2 Å². The summed E-state index contributed by atoms with van der Waals surface area (Å²) in [7, 11) is 1.57. The first-order chi connectivity index (χ1) is 12.5. The Balaban J connectivity index is 1.71. The van der Waals surface area contributed by atoms with Crippen molar-refractivity contribution in [1.82, 2.24) is 4.90 Å². The number of carbonyl (C=O) groups excluding carboxylic acids is 3. The third-order valence-corrected chi connectivity index (χ3v) is 4.33. The van der Waals surface area contributed by atoms with Gasteiger partial charge in [0.25, 0.3) is 5.91 Å². The fourth-order valence-electron chi connectivity index (χ4n) is 2.82. The van der Waals surface area contributed by atoms with Gasteiger partial charge in [0.1, 0.15) is 5.75 Å². The van der Waals surface area contributed by atoms with E-state index in [0.717, 1.165) is 5.56 Å². The fourth-order valence-corrected chi connectivity index (χ4v) is 2.82. The van der Waals surface area contributed by atoms with Crippen LogP contribution in [0.15, 0.2) is 24.3 Å². The van der Waals surface area contributed by atoms with Gasteiger partial charge >= 0.3 is 11.9 Å². The molecule has 0 radical (unpaired) electrons. The lowest BCUT2D eigenvalue weighted by Gasteiger charge is -2.30. The molecule has 1 amide bonds. The molecule has 0 N–H and O–H groups in total. The molecule has 0 spiro atoms. The first kappa shape index (κ1) is 19.8. The van der Waals surface area contributed by atoms with E-state index in [0.29, 0.717) is 38.3 Å². The van der Waals surface area contributed by atoms with Crippen LogP contribution in [0.2, 0.25) is 0 Å². The highest BCUT2D eigenvalue weighted by atomic mass is 16.5. The highest BCUT2D eigenvalue weighted by Crippen LogP contribution is 2.19. The quantitative estimate of drug-likeness (QED) is 0.684. The molecule has 0 bridgehead atoms. The van der Waals surface area contributed by atoms with Crippen molar-refractivity contribution in [1.29, 1.82) is 0 Å². The number of nitrogens with zero attached hydrogens (tertiary/aromatic N) is 1. The molecular weight excluding hydrogens is 338 g/mol. The monoisotopic (exact) mass is 363 g/mol. The maximum Gasteiger partial charge on any atom is 0.310 e. The number of piperidine rings is 1. The van der Waals surface area contributed by atoms with Gasteiger partial charge in [-0.25, -0.2) is 0 Å². The molecule has 1 aromatic rings. The van der Waals surface area contributed by atoms with Crippen LogP contribution >= 0.6 is 0 Å². The lowest BCUT2D eigenvalue weighted by molar-refractivity contribution is -0.154. The number of methoxy groups -OCH3 is 1. The molecule has 1 heterocycles. The van der Waals surface area contributed by atoms with Crippen LogP contribution in [-0.2, 0) is 30.3 Å². The molecular formula is C19H25NO6. The van der Waals surface area contributed by atoms with Crippen LogP contribution in [0, 0.1) is 5.92 Å². The van der Waals surface area contributed by atoms with Gasteiger partial charge in [0, 0.05) is 13.1 Å². The number of hydrogen-bond acceptors (Lipinski definition) is 6. The largest absolute Gasteiger partial charge is 0.497 e. The van der Waals surface area contributed by atoms with E-state index in [9.17, 15) is 14.4 Å². The lowest BCUT2D eigenvalue weighted by Crippen LogP contribution is -2.42. The summed E-state index contributed by atoms with van der Waals surface area (Å²) >= 11 is 0. The second-order valence-corrected chi connectivity index (χ2v) is 6.09. The minimum atomic E-state index is -0.454. The van der Waals surface area contributed by atoms with Crippen LogP contribution in [0.1, 0.15) is 25.3 Å². The van der Waals surface area contributed by atoms with E-state index in [4.69, 9.17) is 14.2 Å². The topological polar surface area (TPSA) is 82.1 Å². The average molecular weight is 363 g/mol. The SMILES string of the molecule is CCOC(=O)C1CCN(C(=O)COC(=O)Cc2ccc(OC)cc2)CC1. The average Bonchev–Trinajstić information content (AvgIpc) is 2.67. The van der Waals surface area contributed by atoms with Crippen molar-refractivity contribution in [2.75, 3.05) is 33.4 Å². The molecule has 1 fully saturated rings. The highest BCUT2D eigenvalue weighted by Gasteiger charge is 2.28. The first-order valence-electron chi connectivity index (χ1n) is 8.76. The molecule has 1 aliphatic rings. The summed E-state index contributed by atoms with van der Waals surface area (Å²) < 4.78 is 15.1. The minimum Gasteiger partial charge on any atom is -0.497 e. The Morgan fingerprint density at radius 1 is 1.08 bits per heavy atom. The van der Waals surface area contributed by atoms with Crippen LogP contribution in [0.25, 0.3) is 0 Å². The zero-order chi connectivity index (χ0) is 18.9.